The van der Waals surface area contributed by atoms with E-state index in [9.17, 15) is 0 Å². The van der Waals surface area contributed by atoms with Crippen LogP contribution < -0.4 is 9.30 Å². The number of unbranched alkanes of at least 4 members (excludes halogenated alkanes) is 8. The molecule has 3 heteroatoms. The third kappa shape index (κ3) is 6.66. The summed E-state index contributed by atoms with van der Waals surface area (Å²) < 4.78 is 14.9. The van der Waals surface area contributed by atoms with Gasteiger partial charge in [0.05, 0.1) is 6.08 Å². The molecule has 1 atom stereocenters. The van der Waals surface area contributed by atoms with E-state index in [1.807, 2.05) is 6.07 Å². The quantitative estimate of drug-likeness (QED) is 0.173. The number of hydrogen-bond acceptors (Lipinski definition) is 2. The SMILES string of the molecule is CCCCCCCC1/C(=C\C=C\c2oc3ccccc3[n+]2CCCCCCC)Oc2ccccc21. The van der Waals surface area contributed by atoms with E-state index >= 15 is 0 Å². The first kappa shape index (κ1) is 25.3. The average Bonchev–Trinajstić information content (AvgIpc) is 3.41. The Balaban J connectivity index is 1.49. The van der Waals surface area contributed by atoms with Gasteiger partial charge in [-0.2, -0.15) is 4.57 Å². The third-order valence-electron chi connectivity index (χ3n) is 7.08. The van der Waals surface area contributed by atoms with Gasteiger partial charge in [-0.25, -0.2) is 0 Å². The molecule has 0 fully saturated rings. The number of rotatable bonds is 14. The Morgan fingerprint density at radius 2 is 1.51 bits per heavy atom. The molecule has 1 aliphatic heterocycles. The zero-order valence-corrected chi connectivity index (χ0v) is 21.7. The third-order valence-corrected chi connectivity index (χ3v) is 7.08. The molecule has 0 spiro atoms. The van der Waals surface area contributed by atoms with Crippen molar-refractivity contribution in [2.24, 2.45) is 0 Å². The predicted octanol–water partition coefficient (Wildman–Crippen LogP) is 9.12. The molecule has 1 aliphatic rings. The Kier molecular flexibility index (Phi) is 9.63. The van der Waals surface area contributed by atoms with Crippen LogP contribution in [0.15, 0.2) is 70.9 Å². The van der Waals surface area contributed by atoms with Crippen LogP contribution in [0.1, 0.15) is 102 Å². The lowest BCUT2D eigenvalue weighted by Crippen LogP contribution is -2.35. The van der Waals surface area contributed by atoms with Crippen molar-refractivity contribution in [1.29, 1.82) is 0 Å². The van der Waals surface area contributed by atoms with Crippen LogP contribution >= 0.6 is 0 Å². The molecule has 2 aromatic carbocycles. The minimum atomic E-state index is 0.346. The summed E-state index contributed by atoms with van der Waals surface area (Å²) in [5, 5.41) is 0. The van der Waals surface area contributed by atoms with Gasteiger partial charge < -0.3 is 9.15 Å². The van der Waals surface area contributed by atoms with E-state index in [4.69, 9.17) is 9.15 Å². The molecule has 0 amide bonds. The number of para-hydroxylation sites is 3. The van der Waals surface area contributed by atoms with Crippen LogP contribution in [-0.4, -0.2) is 0 Å². The van der Waals surface area contributed by atoms with Gasteiger partial charge in [0.15, 0.2) is 6.54 Å². The molecule has 3 aromatic rings. The van der Waals surface area contributed by atoms with Crippen molar-refractivity contribution < 1.29 is 13.7 Å². The molecule has 0 saturated heterocycles. The molecule has 1 aromatic heterocycles. The monoisotopic (exact) mass is 472 g/mol. The number of benzene rings is 2. The first-order valence-corrected chi connectivity index (χ1v) is 13.9. The molecule has 0 aliphatic carbocycles. The molecule has 0 radical (unpaired) electrons. The summed E-state index contributed by atoms with van der Waals surface area (Å²) in [5.74, 6) is 3.32. The van der Waals surface area contributed by atoms with Crippen molar-refractivity contribution in [3.8, 4) is 5.75 Å². The Labute approximate surface area is 211 Å². The highest BCUT2D eigenvalue weighted by atomic mass is 16.5. The number of ether oxygens (including phenoxy) is 1. The van der Waals surface area contributed by atoms with Crippen molar-refractivity contribution in [3.63, 3.8) is 0 Å². The molecule has 0 bridgehead atoms. The summed E-state index contributed by atoms with van der Waals surface area (Å²) in [7, 11) is 0. The molecule has 1 unspecified atom stereocenters. The zero-order chi connectivity index (χ0) is 24.3. The summed E-state index contributed by atoms with van der Waals surface area (Å²) >= 11 is 0. The molecule has 35 heavy (non-hydrogen) atoms. The summed E-state index contributed by atoms with van der Waals surface area (Å²) in [6, 6.07) is 16.9. The molecule has 186 valence electrons. The Bertz CT molecular complexity index is 1120. The van der Waals surface area contributed by atoms with Crippen LogP contribution in [0.4, 0.5) is 0 Å². The van der Waals surface area contributed by atoms with Crippen molar-refractivity contribution in [1.82, 2.24) is 0 Å². The van der Waals surface area contributed by atoms with Crippen molar-refractivity contribution in [2.75, 3.05) is 0 Å². The Morgan fingerprint density at radius 3 is 2.34 bits per heavy atom. The van der Waals surface area contributed by atoms with Gasteiger partial charge in [-0.05, 0) is 37.1 Å². The van der Waals surface area contributed by atoms with Crippen LogP contribution in [0.2, 0.25) is 0 Å². The zero-order valence-electron chi connectivity index (χ0n) is 21.7. The number of aryl methyl sites for hydroxylation is 1. The second-order valence-electron chi connectivity index (χ2n) is 9.80. The fourth-order valence-electron chi connectivity index (χ4n) is 5.12. The molecular formula is C32H42NO2+. The van der Waals surface area contributed by atoms with Gasteiger partial charge in [0.2, 0.25) is 5.58 Å². The Hall–Kier alpha value is -2.81. The first-order chi connectivity index (χ1) is 17.3. The number of fused-ring (bicyclic) bond motifs is 2. The van der Waals surface area contributed by atoms with Crippen LogP contribution in [0.3, 0.4) is 0 Å². The second kappa shape index (κ2) is 13.3. The van der Waals surface area contributed by atoms with Crippen LogP contribution in [0.5, 0.6) is 5.75 Å². The number of oxazole rings is 1. The van der Waals surface area contributed by atoms with E-state index < -0.39 is 0 Å². The molecule has 3 nitrogen and oxygen atoms in total. The number of aromatic nitrogens is 1. The van der Waals surface area contributed by atoms with Crippen LogP contribution in [0, 0.1) is 0 Å². The molecule has 2 heterocycles. The smallest absolute Gasteiger partial charge is 0.374 e. The maximum Gasteiger partial charge on any atom is 0.374 e. The largest absolute Gasteiger partial charge is 0.461 e. The predicted molar refractivity (Wildman–Crippen MR) is 145 cm³/mol. The van der Waals surface area contributed by atoms with E-state index in [1.54, 1.807) is 0 Å². The summed E-state index contributed by atoms with van der Waals surface area (Å²) in [4.78, 5) is 0. The standard InChI is InChI=1S/C32H42NO2/c1-3-5-7-9-11-18-26-27-19-12-14-21-29(27)34-30(26)23-17-24-32-33(25-16-10-8-6-4-2)28-20-13-15-22-31(28)35-32/h12-15,17,19-24,26H,3-11,16,18,25H2,1-2H3/q+1/b24-17+,30-23+. The van der Waals surface area contributed by atoms with Gasteiger partial charge in [0, 0.05) is 24.0 Å². The lowest BCUT2D eigenvalue weighted by molar-refractivity contribution is -0.678. The van der Waals surface area contributed by atoms with Gasteiger partial charge >= 0.3 is 5.89 Å². The molecule has 0 N–H and O–H groups in total. The molecular weight excluding hydrogens is 430 g/mol. The normalized spacial score (nSPS) is 16.4. The fourth-order valence-corrected chi connectivity index (χ4v) is 5.12. The van der Waals surface area contributed by atoms with E-state index in [1.165, 1.54) is 75.3 Å². The molecule has 4 rings (SSSR count). The van der Waals surface area contributed by atoms with Crippen molar-refractivity contribution in [3.05, 3.63) is 77.9 Å². The lowest BCUT2D eigenvalue weighted by Gasteiger charge is -2.10. The molecule has 0 saturated carbocycles. The number of hydrogen-bond donors (Lipinski definition) is 0. The summed E-state index contributed by atoms with van der Waals surface area (Å²) in [5.41, 5.74) is 3.45. The van der Waals surface area contributed by atoms with Crippen molar-refractivity contribution >= 4 is 17.2 Å². The highest BCUT2D eigenvalue weighted by molar-refractivity contribution is 5.69. The van der Waals surface area contributed by atoms with E-state index in [0.717, 1.165) is 35.9 Å². The maximum atomic E-state index is 6.30. The first-order valence-electron chi connectivity index (χ1n) is 13.9. The van der Waals surface area contributed by atoms with Gasteiger partial charge in [-0.3, -0.25) is 0 Å². The topological polar surface area (TPSA) is 26.2 Å². The minimum Gasteiger partial charge on any atom is -0.461 e. The second-order valence-corrected chi connectivity index (χ2v) is 9.80. The average molecular weight is 473 g/mol. The number of allylic oxidation sites excluding steroid dienone is 3. The van der Waals surface area contributed by atoms with Crippen LogP contribution in [0.25, 0.3) is 17.2 Å². The van der Waals surface area contributed by atoms with E-state index in [0.29, 0.717) is 5.92 Å². The van der Waals surface area contributed by atoms with E-state index in [-0.39, 0.29) is 0 Å². The van der Waals surface area contributed by atoms with Crippen molar-refractivity contribution in [2.45, 2.75) is 96.9 Å². The number of nitrogens with zero attached hydrogens (tertiary/aromatic N) is 1. The van der Waals surface area contributed by atoms with Gasteiger partial charge in [-0.1, -0.05) is 95.5 Å². The highest BCUT2D eigenvalue weighted by Gasteiger charge is 2.28. The fraction of sp³-hybridized carbons (Fsp3) is 0.469. The Morgan fingerprint density at radius 1 is 0.800 bits per heavy atom. The minimum absolute atomic E-state index is 0.346. The summed E-state index contributed by atoms with van der Waals surface area (Å²) in [6.45, 7) is 5.52. The van der Waals surface area contributed by atoms with Crippen LogP contribution in [-0.2, 0) is 6.54 Å². The highest BCUT2D eigenvalue weighted by Crippen LogP contribution is 2.43. The summed E-state index contributed by atoms with van der Waals surface area (Å²) in [6.07, 6.45) is 20.3. The van der Waals surface area contributed by atoms with Gasteiger partial charge in [-0.15, -0.1) is 0 Å². The van der Waals surface area contributed by atoms with E-state index in [2.05, 4.69) is 79.1 Å². The maximum absolute atomic E-state index is 6.30. The van der Waals surface area contributed by atoms with Gasteiger partial charge in [0.25, 0.3) is 5.52 Å². The van der Waals surface area contributed by atoms with Gasteiger partial charge in [0.1, 0.15) is 11.5 Å². The lowest BCUT2D eigenvalue weighted by atomic mass is 9.92.